The summed E-state index contributed by atoms with van der Waals surface area (Å²) in [6.07, 6.45) is 5.23. The first-order valence-corrected chi connectivity index (χ1v) is 17.0. The highest BCUT2D eigenvalue weighted by atomic mass is 16.5. The first-order valence-electron chi connectivity index (χ1n) is 17.0. The second-order valence-electron chi connectivity index (χ2n) is 13.1. The average molecular weight is 615 g/mol. The summed E-state index contributed by atoms with van der Waals surface area (Å²) in [6, 6.07) is 8.11. The molecule has 3 fully saturated rings. The summed E-state index contributed by atoms with van der Waals surface area (Å²) in [7, 11) is 3.71. The summed E-state index contributed by atoms with van der Waals surface area (Å²) in [5.41, 5.74) is 1.23. The molecule has 2 amide bonds. The SMILES string of the molecule is CNC(=O)CN1CCN(CCN2CCC(CN(C)C(=O)CC3CCN(CCOCCOc4ccc(C)cc4)CC3)CC2)CC1. The number of amides is 2. The van der Waals surface area contributed by atoms with Crippen LogP contribution in [-0.4, -0.2) is 155 Å². The molecule has 0 aliphatic carbocycles. The highest BCUT2D eigenvalue weighted by Gasteiger charge is 2.26. The normalized spacial score (nSPS) is 20.1. The molecule has 4 rings (SSSR count). The van der Waals surface area contributed by atoms with Gasteiger partial charge in [0.2, 0.25) is 11.8 Å². The molecule has 3 aliphatic heterocycles. The van der Waals surface area contributed by atoms with Crippen molar-refractivity contribution in [3.63, 3.8) is 0 Å². The lowest BCUT2D eigenvalue weighted by atomic mass is 9.92. The summed E-state index contributed by atoms with van der Waals surface area (Å²) in [5, 5.41) is 2.72. The molecular weight excluding hydrogens is 556 g/mol. The number of aryl methyl sites for hydroxylation is 1. The Balaban J connectivity index is 0.992. The fourth-order valence-corrected chi connectivity index (χ4v) is 6.58. The second-order valence-corrected chi connectivity index (χ2v) is 13.1. The third-order valence-corrected chi connectivity index (χ3v) is 9.75. The Morgan fingerprint density at radius 1 is 0.773 bits per heavy atom. The van der Waals surface area contributed by atoms with E-state index in [1.807, 2.05) is 24.1 Å². The van der Waals surface area contributed by atoms with E-state index >= 15 is 0 Å². The lowest BCUT2D eigenvalue weighted by molar-refractivity contribution is -0.132. The average Bonchev–Trinajstić information content (AvgIpc) is 3.04. The number of likely N-dealkylation sites (tertiary alicyclic amines) is 2. The quantitative estimate of drug-likeness (QED) is 0.284. The van der Waals surface area contributed by atoms with Crippen molar-refractivity contribution in [2.24, 2.45) is 11.8 Å². The van der Waals surface area contributed by atoms with Gasteiger partial charge >= 0.3 is 0 Å². The Morgan fingerprint density at radius 2 is 1.34 bits per heavy atom. The van der Waals surface area contributed by atoms with Crippen molar-refractivity contribution < 1.29 is 19.1 Å². The predicted molar refractivity (Wildman–Crippen MR) is 175 cm³/mol. The third-order valence-electron chi connectivity index (χ3n) is 9.75. The number of hydrogen-bond donors (Lipinski definition) is 1. The number of piperazine rings is 1. The van der Waals surface area contributed by atoms with Crippen LogP contribution in [0, 0.1) is 18.8 Å². The van der Waals surface area contributed by atoms with E-state index < -0.39 is 0 Å². The van der Waals surface area contributed by atoms with Gasteiger partial charge in [-0.1, -0.05) is 17.7 Å². The third kappa shape index (κ3) is 12.3. The molecule has 0 spiro atoms. The summed E-state index contributed by atoms with van der Waals surface area (Å²) < 4.78 is 11.5. The monoisotopic (exact) mass is 614 g/mol. The van der Waals surface area contributed by atoms with E-state index in [2.05, 4.69) is 44.0 Å². The smallest absolute Gasteiger partial charge is 0.233 e. The highest BCUT2D eigenvalue weighted by molar-refractivity contribution is 5.77. The number of benzene rings is 1. The molecule has 3 heterocycles. The molecule has 0 atom stereocenters. The summed E-state index contributed by atoms with van der Waals surface area (Å²) in [6.45, 7) is 16.9. The van der Waals surface area contributed by atoms with Gasteiger partial charge in [-0.25, -0.2) is 0 Å². The fourth-order valence-electron chi connectivity index (χ4n) is 6.58. The van der Waals surface area contributed by atoms with Gasteiger partial charge < -0.3 is 29.5 Å². The first kappa shape index (κ1) is 34.6. The number of carbonyl (C=O) groups excluding carboxylic acids is 2. The maximum absolute atomic E-state index is 13.0. The Hall–Kier alpha value is -2.24. The predicted octanol–water partition coefficient (Wildman–Crippen LogP) is 2.03. The standard InChI is InChI=1S/C34H58N6O4/c1-29-4-6-32(7-5-29)44-25-24-43-23-22-38-12-8-30(9-13-38)26-34(42)36(3)27-31-10-14-37(15-11-31)16-17-39-18-20-40(21-19-39)28-33(41)35-2/h4-7,30-31H,8-28H2,1-3H3,(H,35,41). The minimum atomic E-state index is 0.101. The molecule has 0 saturated carbocycles. The molecule has 10 heteroatoms. The zero-order valence-corrected chi connectivity index (χ0v) is 27.7. The molecule has 1 aromatic carbocycles. The first-order chi connectivity index (χ1) is 21.4. The van der Waals surface area contributed by atoms with E-state index in [0.29, 0.717) is 43.9 Å². The molecule has 0 aromatic heterocycles. The van der Waals surface area contributed by atoms with Gasteiger partial charge in [-0.3, -0.25) is 19.4 Å². The van der Waals surface area contributed by atoms with Crippen LogP contribution >= 0.6 is 0 Å². The van der Waals surface area contributed by atoms with Gasteiger partial charge in [-0.05, 0) is 82.8 Å². The van der Waals surface area contributed by atoms with Gasteiger partial charge in [-0.2, -0.15) is 0 Å². The number of hydrogen-bond acceptors (Lipinski definition) is 8. The van der Waals surface area contributed by atoms with Crippen LogP contribution in [0.2, 0.25) is 0 Å². The van der Waals surface area contributed by atoms with Crippen LogP contribution in [0.3, 0.4) is 0 Å². The minimum absolute atomic E-state index is 0.101. The maximum atomic E-state index is 13.0. The molecule has 10 nitrogen and oxygen atoms in total. The summed E-state index contributed by atoms with van der Waals surface area (Å²) in [4.78, 5) is 36.5. The Kier molecular flexibility index (Phi) is 14.7. The lowest BCUT2D eigenvalue weighted by Gasteiger charge is -2.37. The topological polar surface area (TPSA) is 80.8 Å². The van der Waals surface area contributed by atoms with Crippen LogP contribution in [0.5, 0.6) is 5.75 Å². The van der Waals surface area contributed by atoms with E-state index in [9.17, 15) is 9.59 Å². The van der Waals surface area contributed by atoms with Gasteiger partial charge in [-0.15, -0.1) is 0 Å². The lowest BCUT2D eigenvalue weighted by Crippen LogP contribution is -2.51. The number of carbonyl (C=O) groups is 2. The van der Waals surface area contributed by atoms with E-state index in [-0.39, 0.29) is 5.91 Å². The number of nitrogens with one attached hydrogen (secondary N) is 1. The van der Waals surface area contributed by atoms with E-state index in [1.165, 1.54) is 18.4 Å². The summed E-state index contributed by atoms with van der Waals surface area (Å²) in [5.74, 6) is 2.42. The number of rotatable bonds is 16. The molecule has 3 saturated heterocycles. The molecule has 0 radical (unpaired) electrons. The Bertz CT molecular complexity index is 970. The van der Waals surface area contributed by atoms with Crippen LogP contribution < -0.4 is 10.1 Å². The molecule has 248 valence electrons. The molecule has 1 N–H and O–H groups in total. The van der Waals surface area contributed by atoms with Crippen LogP contribution in [-0.2, 0) is 14.3 Å². The zero-order valence-electron chi connectivity index (χ0n) is 27.7. The van der Waals surface area contributed by atoms with Crippen molar-refractivity contribution in [2.45, 2.75) is 39.0 Å². The van der Waals surface area contributed by atoms with Gasteiger partial charge in [0, 0.05) is 72.9 Å². The van der Waals surface area contributed by atoms with Gasteiger partial charge in [0.1, 0.15) is 12.4 Å². The molecule has 44 heavy (non-hydrogen) atoms. The van der Waals surface area contributed by atoms with Crippen LogP contribution in [0.15, 0.2) is 24.3 Å². The molecule has 1 aromatic rings. The van der Waals surface area contributed by atoms with Crippen LogP contribution in [0.25, 0.3) is 0 Å². The van der Waals surface area contributed by atoms with Crippen molar-refractivity contribution in [2.75, 3.05) is 119 Å². The van der Waals surface area contributed by atoms with Crippen molar-refractivity contribution in [1.82, 2.24) is 29.8 Å². The molecule has 3 aliphatic rings. The van der Waals surface area contributed by atoms with Gasteiger partial charge in [0.15, 0.2) is 0 Å². The van der Waals surface area contributed by atoms with E-state index in [1.54, 1.807) is 7.05 Å². The minimum Gasteiger partial charge on any atom is -0.491 e. The van der Waals surface area contributed by atoms with Gasteiger partial charge in [0.05, 0.1) is 19.8 Å². The second kappa shape index (κ2) is 18.7. The fraction of sp³-hybridized carbons (Fsp3) is 0.765. The Morgan fingerprint density at radius 3 is 1.98 bits per heavy atom. The number of nitrogens with zero attached hydrogens (tertiary/aromatic N) is 5. The molecule has 0 bridgehead atoms. The van der Waals surface area contributed by atoms with E-state index in [0.717, 1.165) is 104 Å². The van der Waals surface area contributed by atoms with Crippen LogP contribution in [0.1, 0.15) is 37.7 Å². The van der Waals surface area contributed by atoms with Crippen molar-refractivity contribution in [1.29, 1.82) is 0 Å². The van der Waals surface area contributed by atoms with Crippen molar-refractivity contribution in [3.05, 3.63) is 29.8 Å². The summed E-state index contributed by atoms with van der Waals surface area (Å²) >= 11 is 0. The maximum Gasteiger partial charge on any atom is 0.233 e. The zero-order chi connectivity index (χ0) is 31.1. The highest BCUT2D eigenvalue weighted by Crippen LogP contribution is 2.23. The number of likely N-dealkylation sites (N-methyl/N-ethyl adjacent to an activating group) is 1. The van der Waals surface area contributed by atoms with Crippen LogP contribution in [0.4, 0.5) is 0 Å². The van der Waals surface area contributed by atoms with E-state index in [4.69, 9.17) is 9.47 Å². The van der Waals surface area contributed by atoms with Gasteiger partial charge in [0.25, 0.3) is 0 Å². The Labute approximate surface area is 266 Å². The number of ether oxygens (including phenoxy) is 2. The van der Waals surface area contributed by atoms with Crippen molar-refractivity contribution >= 4 is 11.8 Å². The molecular formula is C34H58N6O4. The number of piperidine rings is 2. The largest absolute Gasteiger partial charge is 0.491 e. The molecule has 0 unspecified atom stereocenters. The van der Waals surface area contributed by atoms with Crippen molar-refractivity contribution in [3.8, 4) is 5.75 Å².